The molecule has 10 nitrogen and oxygen atoms in total. The molecule has 0 unspecified atom stereocenters. The van der Waals surface area contributed by atoms with Crippen LogP contribution in [-0.2, 0) is 7.05 Å². The Hall–Kier alpha value is -4.56. The first kappa shape index (κ1) is 25.7. The van der Waals surface area contributed by atoms with E-state index in [1.54, 1.807) is 29.2 Å². The Morgan fingerprint density at radius 1 is 1.10 bits per heavy atom. The lowest BCUT2D eigenvalue weighted by Gasteiger charge is -2.09. The van der Waals surface area contributed by atoms with Crippen molar-refractivity contribution in [2.24, 2.45) is 12.8 Å². The number of aromatic nitrogens is 6. The summed E-state index contributed by atoms with van der Waals surface area (Å²) in [6.07, 6.45) is 0.487. The van der Waals surface area contributed by atoms with Gasteiger partial charge in [0.15, 0.2) is 11.3 Å². The van der Waals surface area contributed by atoms with Crippen molar-refractivity contribution in [3.05, 3.63) is 69.6 Å². The number of fused-ring (bicyclic) bond motifs is 2. The summed E-state index contributed by atoms with van der Waals surface area (Å²) in [7, 11) is 1.82. The van der Waals surface area contributed by atoms with Crippen molar-refractivity contribution in [1.82, 2.24) is 29.4 Å². The van der Waals surface area contributed by atoms with Gasteiger partial charge in [0.1, 0.15) is 15.4 Å². The molecule has 0 aromatic carbocycles. The normalized spacial score (nSPS) is 11.7. The first-order chi connectivity index (χ1) is 19.1. The number of carbonyl (C=O) groups excluding carboxylic acids is 2. The van der Waals surface area contributed by atoms with Crippen molar-refractivity contribution >= 4 is 56.0 Å². The fraction of sp³-hybridized carbons (Fsp3) is 0.154. The van der Waals surface area contributed by atoms with E-state index in [4.69, 9.17) is 5.73 Å². The molecule has 6 aromatic rings. The van der Waals surface area contributed by atoms with Gasteiger partial charge in [0.2, 0.25) is 0 Å². The molecule has 6 aromatic heterocycles. The molecule has 0 fully saturated rings. The minimum Gasteiger partial charge on any atom is -0.365 e. The SMILES string of the molecule is Cc1ccc(-c2cc(C(F)F)nc3sc(C(N)=O)c(NC(=O)c4cc5nccc(-c6cnn(C)c6C)n5n4)c23)s1. The monoisotopic (exact) mass is 578 g/mol. The zero-order chi connectivity index (χ0) is 28.3. The number of aryl methyl sites for hydroxylation is 2. The minimum atomic E-state index is -2.83. The Labute approximate surface area is 233 Å². The molecule has 0 bridgehead atoms. The smallest absolute Gasteiger partial charge is 0.280 e. The van der Waals surface area contributed by atoms with Crippen molar-refractivity contribution in [2.45, 2.75) is 20.3 Å². The number of amides is 2. The molecular formula is C26H20F2N8O2S2. The van der Waals surface area contributed by atoms with Crippen LogP contribution in [0, 0.1) is 13.8 Å². The number of nitrogens with two attached hydrogens (primary N) is 1. The van der Waals surface area contributed by atoms with Crippen LogP contribution in [0.3, 0.4) is 0 Å². The van der Waals surface area contributed by atoms with Crippen LogP contribution in [0.5, 0.6) is 0 Å². The van der Waals surface area contributed by atoms with Crippen LogP contribution in [0.15, 0.2) is 42.7 Å². The fourth-order valence-electron chi connectivity index (χ4n) is 4.43. The van der Waals surface area contributed by atoms with Crippen LogP contribution in [0.2, 0.25) is 0 Å². The van der Waals surface area contributed by atoms with Gasteiger partial charge in [-0.1, -0.05) is 0 Å². The number of rotatable bonds is 6. The summed E-state index contributed by atoms with van der Waals surface area (Å²) in [6.45, 7) is 3.81. The maximum Gasteiger partial charge on any atom is 0.280 e. The average Bonchev–Trinajstić information content (AvgIpc) is 3.70. The summed E-state index contributed by atoms with van der Waals surface area (Å²) in [6, 6.07) is 8.22. The van der Waals surface area contributed by atoms with Gasteiger partial charge in [0, 0.05) is 51.3 Å². The molecule has 0 radical (unpaired) electrons. The number of nitrogens with one attached hydrogen (secondary N) is 1. The summed E-state index contributed by atoms with van der Waals surface area (Å²) >= 11 is 2.24. The van der Waals surface area contributed by atoms with Crippen LogP contribution >= 0.6 is 22.7 Å². The van der Waals surface area contributed by atoms with E-state index in [1.807, 2.05) is 27.0 Å². The predicted octanol–water partition coefficient (Wildman–Crippen LogP) is 5.37. The van der Waals surface area contributed by atoms with Crippen LogP contribution in [0.4, 0.5) is 14.5 Å². The number of anilines is 1. The second-order valence-corrected chi connectivity index (χ2v) is 11.3. The van der Waals surface area contributed by atoms with Crippen LogP contribution in [-0.4, -0.2) is 41.2 Å². The number of alkyl halides is 2. The molecule has 0 atom stereocenters. The van der Waals surface area contributed by atoms with Gasteiger partial charge in [0.05, 0.1) is 17.6 Å². The van der Waals surface area contributed by atoms with E-state index in [0.717, 1.165) is 27.5 Å². The average molecular weight is 579 g/mol. The number of pyridine rings is 1. The van der Waals surface area contributed by atoms with Crippen LogP contribution < -0.4 is 11.1 Å². The molecule has 0 saturated heterocycles. The molecule has 202 valence electrons. The summed E-state index contributed by atoms with van der Waals surface area (Å²) in [5.41, 5.74) is 8.60. The lowest BCUT2D eigenvalue weighted by atomic mass is 10.1. The Kier molecular flexibility index (Phi) is 6.15. The van der Waals surface area contributed by atoms with Crippen molar-refractivity contribution in [1.29, 1.82) is 0 Å². The number of thiophene rings is 2. The summed E-state index contributed by atoms with van der Waals surface area (Å²) in [5, 5.41) is 11.9. The highest BCUT2D eigenvalue weighted by Crippen LogP contribution is 2.44. The molecule has 0 aliphatic carbocycles. The van der Waals surface area contributed by atoms with E-state index in [-0.39, 0.29) is 21.1 Å². The second kappa shape index (κ2) is 9.57. The van der Waals surface area contributed by atoms with Crippen LogP contribution in [0.1, 0.15) is 42.9 Å². The molecule has 6 heterocycles. The number of hydrogen-bond acceptors (Lipinski definition) is 8. The molecule has 0 aliphatic heterocycles. The van der Waals surface area contributed by atoms with Gasteiger partial charge < -0.3 is 11.1 Å². The maximum atomic E-state index is 13.7. The number of carbonyl (C=O) groups is 2. The minimum absolute atomic E-state index is 0.00893. The van der Waals surface area contributed by atoms with E-state index in [9.17, 15) is 18.4 Å². The molecule has 40 heavy (non-hydrogen) atoms. The number of primary amides is 1. The highest BCUT2D eigenvalue weighted by atomic mass is 32.1. The molecule has 0 aliphatic rings. The van der Waals surface area contributed by atoms with Gasteiger partial charge >= 0.3 is 0 Å². The Morgan fingerprint density at radius 3 is 2.55 bits per heavy atom. The van der Waals surface area contributed by atoms with E-state index >= 15 is 0 Å². The lowest BCUT2D eigenvalue weighted by molar-refractivity contribution is 0.100. The predicted molar refractivity (Wildman–Crippen MR) is 149 cm³/mol. The van der Waals surface area contributed by atoms with Gasteiger partial charge in [-0.05, 0) is 38.1 Å². The maximum absolute atomic E-state index is 13.7. The highest BCUT2D eigenvalue weighted by molar-refractivity contribution is 7.21. The quantitative estimate of drug-likeness (QED) is 0.273. The molecule has 0 spiro atoms. The Bertz CT molecular complexity index is 1970. The summed E-state index contributed by atoms with van der Waals surface area (Å²) in [5.74, 6) is -1.45. The van der Waals surface area contributed by atoms with Gasteiger partial charge in [-0.25, -0.2) is 23.3 Å². The van der Waals surface area contributed by atoms with Crippen molar-refractivity contribution in [3.8, 4) is 21.7 Å². The van der Waals surface area contributed by atoms with Crippen LogP contribution in [0.25, 0.3) is 37.6 Å². The zero-order valence-electron chi connectivity index (χ0n) is 21.3. The molecule has 14 heteroatoms. The van der Waals surface area contributed by atoms with E-state index in [2.05, 4.69) is 25.5 Å². The number of nitrogens with zero attached hydrogens (tertiary/aromatic N) is 6. The number of hydrogen-bond donors (Lipinski definition) is 2. The van der Waals surface area contributed by atoms with E-state index in [1.165, 1.54) is 28.0 Å². The number of halogens is 2. The molecule has 2 amide bonds. The highest BCUT2D eigenvalue weighted by Gasteiger charge is 2.26. The third-order valence-corrected chi connectivity index (χ3v) is 8.61. The topological polar surface area (TPSA) is 133 Å². The van der Waals surface area contributed by atoms with Gasteiger partial charge in [-0.2, -0.15) is 10.2 Å². The van der Waals surface area contributed by atoms with Gasteiger partial charge in [-0.15, -0.1) is 22.7 Å². The third-order valence-electron chi connectivity index (χ3n) is 6.48. The zero-order valence-corrected chi connectivity index (χ0v) is 22.9. The Balaban J connectivity index is 1.49. The largest absolute Gasteiger partial charge is 0.365 e. The molecular weight excluding hydrogens is 558 g/mol. The van der Waals surface area contributed by atoms with Gasteiger partial charge in [0.25, 0.3) is 18.2 Å². The first-order valence-corrected chi connectivity index (χ1v) is 13.5. The third kappa shape index (κ3) is 4.21. The lowest BCUT2D eigenvalue weighted by Crippen LogP contribution is -2.17. The Morgan fingerprint density at radius 2 is 1.90 bits per heavy atom. The first-order valence-electron chi connectivity index (χ1n) is 11.9. The fourth-order valence-corrected chi connectivity index (χ4v) is 6.34. The molecule has 6 rings (SSSR count). The summed E-state index contributed by atoms with van der Waals surface area (Å²) in [4.78, 5) is 36.2. The van der Waals surface area contributed by atoms with Crippen molar-refractivity contribution < 1.29 is 18.4 Å². The van der Waals surface area contributed by atoms with Crippen molar-refractivity contribution in [3.63, 3.8) is 0 Å². The molecule has 0 saturated carbocycles. The summed E-state index contributed by atoms with van der Waals surface area (Å²) < 4.78 is 30.7. The van der Waals surface area contributed by atoms with E-state index < -0.39 is 23.9 Å². The second-order valence-electron chi connectivity index (χ2n) is 9.01. The molecule has 3 N–H and O–H groups in total. The van der Waals surface area contributed by atoms with Gasteiger partial charge in [-0.3, -0.25) is 14.3 Å². The van der Waals surface area contributed by atoms with Crippen molar-refractivity contribution in [2.75, 3.05) is 5.32 Å². The standard InChI is InChI=1S/C26H20F2N8O2S2/c1-11-4-5-18(39-11)13-8-15(23(27)28)32-26-20(13)21(22(40-26)24(29)37)33-25(38)16-9-19-30-7-6-17(36(19)34-16)14-10-31-35(3)12(14)2/h4-10,23H,1-3H3,(H2,29,37)(H,33,38). The van der Waals surface area contributed by atoms with E-state index in [0.29, 0.717) is 27.2 Å².